The maximum Gasteiger partial charge on any atom is 0.286 e. The van der Waals surface area contributed by atoms with Crippen LogP contribution in [0.3, 0.4) is 0 Å². The van der Waals surface area contributed by atoms with Gasteiger partial charge in [0.15, 0.2) is 0 Å². The second kappa shape index (κ2) is 4.62. The van der Waals surface area contributed by atoms with Gasteiger partial charge in [-0.2, -0.15) is 0 Å². The Balaban J connectivity index is 1.86. The number of hydrogen-bond acceptors (Lipinski definition) is 3. The first-order chi connectivity index (χ1) is 10.8. The summed E-state index contributed by atoms with van der Waals surface area (Å²) in [5, 5.41) is 3.28. The molecule has 0 fully saturated rings. The van der Waals surface area contributed by atoms with E-state index in [0.717, 1.165) is 22.5 Å². The lowest BCUT2D eigenvalue weighted by molar-refractivity contribution is -0.142. The zero-order valence-corrected chi connectivity index (χ0v) is 11.9. The fraction of sp³-hybridized carbons (Fsp3) is 0.167. The smallest absolute Gasteiger partial charge is 0.286 e. The highest BCUT2D eigenvalue weighted by atomic mass is 16.5. The van der Waals surface area contributed by atoms with Gasteiger partial charge in [-0.25, -0.2) is 0 Å². The van der Waals surface area contributed by atoms with Crippen molar-refractivity contribution in [2.24, 2.45) is 0 Å². The molecule has 1 N–H and O–H groups in total. The highest BCUT2D eigenvalue weighted by Crippen LogP contribution is 2.46. The molecule has 2 aliphatic heterocycles. The fourth-order valence-corrected chi connectivity index (χ4v) is 3.11. The molecule has 2 aromatic carbocycles. The molecule has 4 nitrogen and oxygen atoms in total. The van der Waals surface area contributed by atoms with Crippen molar-refractivity contribution in [2.45, 2.75) is 12.3 Å². The predicted molar refractivity (Wildman–Crippen MR) is 84.2 cm³/mol. The number of amides is 1. The molecule has 22 heavy (non-hydrogen) atoms. The highest BCUT2D eigenvalue weighted by Gasteiger charge is 2.53. The molecule has 2 heterocycles. The first kappa shape index (κ1) is 12.9. The predicted octanol–water partition coefficient (Wildman–Crippen LogP) is 2.46. The summed E-state index contributed by atoms with van der Waals surface area (Å²) in [6.45, 7) is 0.609. The SMILES string of the molecule is C#CCN1C(=O)[C@]2(Nc3ccccc3CO2)c2ccccc21. The molecule has 4 rings (SSSR count). The molecule has 2 aromatic rings. The van der Waals surface area contributed by atoms with Crippen LogP contribution in [0, 0.1) is 12.3 Å². The average molecular weight is 290 g/mol. The van der Waals surface area contributed by atoms with Gasteiger partial charge in [0, 0.05) is 16.8 Å². The number of nitrogens with one attached hydrogen (secondary N) is 1. The van der Waals surface area contributed by atoms with Gasteiger partial charge in [-0.1, -0.05) is 42.3 Å². The van der Waals surface area contributed by atoms with Crippen molar-refractivity contribution in [2.75, 3.05) is 16.8 Å². The van der Waals surface area contributed by atoms with Gasteiger partial charge in [0.05, 0.1) is 18.8 Å². The van der Waals surface area contributed by atoms with Crippen molar-refractivity contribution in [1.82, 2.24) is 0 Å². The minimum absolute atomic E-state index is 0.166. The Morgan fingerprint density at radius 1 is 1.23 bits per heavy atom. The van der Waals surface area contributed by atoms with Gasteiger partial charge in [0.1, 0.15) is 0 Å². The van der Waals surface area contributed by atoms with Crippen LogP contribution in [0.4, 0.5) is 11.4 Å². The van der Waals surface area contributed by atoms with Gasteiger partial charge >= 0.3 is 0 Å². The van der Waals surface area contributed by atoms with Gasteiger partial charge in [-0.15, -0.1) is 6.42 Å². The van der Waals surface area contributed by atoms with Crippen molar-refractivity contribution in [3.8, 4) is 12.3 Å². The number of para-hydroxylation sites is 2. The molecule has 1 amide bonds. The maximum absolute atomic E-state index is 13.0. The molecule has 2 aliphatic rings. The molecule has 0 bridgehead atoms. The molecule has 0 aliphatic carbocycles. The Hall–Kier alpha value is -2.77. The molecular weight excluding hydrogens is 276 g/mol. The van der Waals surface area contributed by atoms with Crippen LogP contribution < -0.4 is 10.2 Å². The number of hydrogen-bond donors (Lipinski definition) is 1. The van der Waals surface area contributed by atoms with E-state index in [-0.39, 0.29) is 12.5 Å². The molecule has 0 saturated carbocycles. The van der Waals surface area contributed by atoms with Crippen LogP contribution in [0.15, 0.2) is 48.5 Å². The van der Waals surface area contributed by atoms with E-state index in [4.69, 9.17) is 11.2 Å². The summed E-state index contributed by atoms with van der Waals surface area (Å²) >= 11 is 0. The van der Waals surface area contributed by atoms with E-state index in [1.165, 1.54) is 0 Å². The molecule has 0 unspecified atom stereocenters. The van der Waals surface area contributed by atoms with Crippen LogP contribution in [0.25, 0.3) is 0 Å². The topological polar surface area (TPSA) is 41.6 Å². The number of fused-ring (bicyclic) bond motifs is 3. The average Bonchev–Trinajstić information content (AvgIpc) is 2.78. The summed E-state index contributed by atoms with van der Waals surface area (Å²) in [6, 6.07) is 15.4. The number of rotatable bonds is 1. The lowest BCUT2D eigenvalue weighted by Gasteiger charge is -2.35. The maximum atomic E-state index is 13.0. The zero-order valence-electron chi connectivity index (χ0n) is 11.9. The quantitative estimate of drug-likeness (QED) is 0.820. The Morgan fingerprint density at radius 3 is 2.86 bits per heavy atom. The van der Waals surface area contributed by atoms with E-state index >= 15 is 0 Å². The summed E-state index contributed by atoms with van der Waals surface area (Å²) in [5.41, 5.74) is 2.39. The normalized spacial score (nSPS) is 22.0. The minimum Gasteiger partial charge on any atom is -0.345 e. The van der Waals surface area contributed by atoms with Gasteiger partial charge in [0.2, 0.25) is 5.72 Å². The molecule has 1 spiro atoms. The minimum atomic E-state index is -1.18. The Labute approximate surface area is 128 Å². The van der Waals surface area contributed by atoms with Crippen molar-refractivity contribution in [3.05, 3.63) is 59.7 Å². The lowest BCUT2D eigenvalue weighted by atomic mass is 10.0. The number of nitrogens with zero attached hydrogens (tertiary/aromatic N) is 1. The summed E-state index contributed by atoms with van der Waals surface area (Å²) in [5.74, 6) is 2.38. The number of carbonyl (C=O) groups excluding carboxylic acids is 1. The summed E-state index contributed by atoms with van der Waals surface area (Å²) < 4.78 is 6.00. The second-order valence-corrected chi connectivity index (χ2v) is 5.36. The molecule has 1 atom stereocenters. The van der Waals surface area contributed by atoms with Gasteiger partial charge in [-0.3, -0.25) is 9.69 Å². The van der Waals surface area contributed by atoms with Crippen molar-refractivity contribution < 1.29 is 9.53 Å². The van der Waals surface area contributed by atoms with Crippen LogP contribution >= 0.6 is 0 Å². The largest absolute Gasteiger partial charge is 0.345 e. The van der Waals surface area contributed by atoms with E-state index < -0.39 is 5.72 Å². The van der Waals surface area contributed by atoms with E-state index in [9.17, 15) is 4.79 Å². The summed E-state index contributed by atoms with van der Waals surface area (Å²) in [7, 11) is 0. The van der Waals surface area contributed by atoms with Crippen molar-refractivity contribution >= 4 is 17.3 Å². The van der Waals surface area contributed by atoms with Gasteiger partial charge < -0.3 is 10.1 Å². The van der Waals surface area contributed by atoms with E-state index in [1.54, 1.807) is 4.90 Å². The Kier molecular flexibility index (Phi) is 2.72. The van der Waals surface area contributed by atoms with Crippen LogP contribution in [-0.2, 0) is 21.9 Å². The van der Waals surface area contributed by atoms with Gasteiger partial charge in [-0.05, 0) is 12.1 Å². The number of anilines is 2. The first-order valence-electron chi connectivity index (χ1n) is 7.11. The highest BCUT2D eigenvalue weighted by molar-refractivity contribution is 6.09. The monoisotopic (exact) mass is 290 g/mol. The number of benzene rings is 2. The molecule has 0 aromatic heterocycles. The molecule has 0 saturated heterocycles. The summed E-state index contributed by atoms with van der Waals surface area (Å²) in [4.78, 5) is 14.6. The fourth-order valence-electron chi connectivity index (χ4n) is 3.11. The molecule has 0 radical (unpaired) electrons. The molecule has 4 heteroatoms. The van der Waals surface area contributed by atoms with E-state index in [0.29, 0.717) is 6.61 Å². The first-order valence-corrected chi connectivity index (χ1v) is 7.11. The van der Waals surface area contributed by atoms with Crippen LogP contribution in [-0.4, -0.2) is 12.5 Å². The third kappa shape index (κ3) is 1.60. The Bertz CT molecular complexity index is 809. The van der Waals surface area contributed by atoms with Crippen LogP contribution in [0.2, 0.25) is 0 Å². The molecular formula is C18H14N2O2. The zero-order chi connectivity index (χ0) is 15.2. The Morgan fingerprint density at radius 2 is 2.00 bits per heavy atom. The number of ether oxygens (including phenoxy) is 1. The number of terminal acetylenes is 1. The van der Waals surface area contributed by atoms with Crippen molar-refractivity contribution in [1.29, 1.82) is 0 Å². The second-order valence-electron chi connectivity index (χ2n) is 5.36. The molecule has 108 valence electrons. The number of carbonyl (C=O) groups is 1. The third-order valence-electron chi connectivity index (χ3n) is 4.14. The van der Waals surface area contributed by atoms with E-state index in [1.807, 2.05) is 48.5 Å². The van der Waals surface area contributed by atoms with Crippen molar-refractivity contribution in [3.63, 3.8) is 0 Å². The summed E-state index contributed by atoms with van der Waals surface area (Å²) in [6.07, 6.45) is 5.42. The standard InChI is InChI=1S/C18H14N2O2/c1-2-11-20-16-10-6-4-8-14(16)18(17(20)21)19-15-9-5-3-7-13(15)12-22-18/h1,3-10,19H,11-12H2/t18-/m0/s1. The van der Waals surface area contributed by atoms with Crippen LogP contribution in [0.5, 0.6) is 0 Å². The van der Waals surface area contributed by atoms with Gasteiger partial charge in [0.25, 0.3) is 5.91 Å². The lowest BCUT2D eigenvalue weighted by Crippen LogP contribution is -2.50. The van der Waals surface area contributed by atoms with E-state index in [2.05, 4.69) is 11.2 Å². The third-order valence-corrected chi connectivity index (χ3v) is 4.14. The van der Waals surface area contributed by atoms with Crippen LogP contribution in [0.1, 0.15) is 11.1 Å².